The lowest BCUT2D eigenvalue weighted by atomic mass is 10.1. The summed E-state index contributed by atoms with van der Waals surface area (Å²) in [6.07, 6.45) is -4.42. The van der Waals surface area contributed by atoms with Gasteiger partial charge in [0.25, 0.3) is 0 Å². The number of carbonyl (C=O) groups is 2. The largest absolute Gasteiger partial charge is 0.573 e. The zero-order valence-electron chi connectivity index (χ0n) is 11.1. The number of carboxylic acids is 1. The van der Waals surface area contributed by atoms with Crippen molar-refractivity contribution in [2.45, 2.75) is 32.2 Å². The Kier molecular flexibility index (Phi) is 5.57. The van der Waals surface area contributed by atoms with Crippen LogP contribution in [0.5, 0.6) is 5.75 Å². The van der Waals surface area contributed by atoms with Gasteiger partial charge in [-0.25, -0.2) is 0 Å². The molecular weight excluding hydrogens is 291 g/mol. The normalized spacial score (nSPS) is 12.6. The maximum absolute atomic E-state index is 12.0. The lowest BCUT2D eigenvalue weighted by Crippen LogP contribution is -2.38. The average Bonchev–Trinajstić information content (AvgIpc) is 2.36. The molecule has 5 nitrogen and oxygen atoms in total. The molecule has 0 aliphatic rings. The minimum Gasteiger partial charge on any atom is -0.480 e. The monoisotopic (exact) mass is 305 g/mol. The standard InChI is InChI=1S/C13H14F3NO4/c1-8(12(19)20)17-11(18)7-4-9-2-5-10(6-3-9)21-13(14,15)16/h2-3,5-6,8H,4,7H2,1H3,(H,17,18)(H,19,20)/t8-/m0/s1. The minimum absolute atomic E-state index is 0.0388. The molecule has 0 radical (unpaired) electrons. The van der Waals surface area contributed by atoms with Gasteiger partial charge in [0.05, 0.1) is 0 Å². The number of amides is 1. The summed E-state index contributed by atoms with van der Waals surface area (Å²) in [7, 11) is 0. The van der Waals surface area contributed by atoms with Crippen LogP contribution in [0, 0.1) is 0 Å². The van der Waals surface area contributed by atoms with Crippen LogP contribution in [0.25, 0.3) is 0 Å². The van der Waals surface area contributed by atoms with Crippen LogP contribution in [0.15, 0.2) is 24.3 Å². The van der Waals surface area contributed by atoms with Crippen molar-refractivity contribution in [1.29, 1.82) is 0 Å². The van der Waals surface area contributed by atoms with Gasteiger partial charge >= 0.3 is 12.3 Å². The van der Waals surface area contributed by atoms with Gasteiger partial charge in [-0.1, -0.05) is 12.1 Å². The molecule has 0 aromatic heterocycles. The second-order valence-corrected chi connectivity index (χ2v) is 4.32. The summed E-state index contributed by atoms with van der Waals surface area (Å²) in [5.74, 6) is -1.92. The Balaban J connectivity index is 2.46. The molecule has 1 aromatic rings. The molecule has 1 amide bonds. The molecule has 116 valence electrons. The maximum Gasteiger partial charge on any atom is 0.573 e. The van der Waals surface area contributed by atoms with E-state index in [1.807, 2.05) is 0 Å². The molecule has 0 bridgehead atoms. The predicted octanol–water partition coefficient (Wildman–Crippen LogP) is 2.11. The van der Waals surface area contributed by atoms with E-state index in [-0.39, 0.29) is 18.6 Å². The molecule has 0 saturated heterocycles. The molecule has 8 heteroatoms. The number of alkyl halides is 3. The van der Waals surface area contributed by atoms with E-state index in [1.165, 1.54) is 19.1 Å². The van der Waals surface area contributed by atoms with Gasteiger partial charge in [-0.2, -0.15) is 0 Å². The molecule has 21 heavy (non-hydrogen) atoms. The second kappa shape index (κ2) is 6.96. The Morgan fingerprint density at radius 2 is 1.86 bits per heavy atom. The number of carbonyl (C=O) groups excluding carboxylic acids is 1. The highest BCUT2D eigenvalue weighted by atomic mass is 19.4. The molecule has 1 aromatic carbocycles. The number of aryl methyl sites for hydroxylation is 1. The number of hydrogen-bond donors (Lipinski definition) is 2. The van der Waals surface area contributed by atoms with Crippen molar-refractivity contribution in [3.05, 3.63) is 29.8 Å². The van der Waals surface area contributed by atoms with Gasteiger partial charge in [0.1, 0.15) is 11.8 Å². The van der Waals surface area contributed by atoms with Crippen LogP contribution in [-0.2, 0) is 16.0 Å². The topological polar surface area (TPSA) is 75.6 Å². The lowest BCUT2D eigenvalue weighted by Gasteiger charge is -2.10. The second-order valence-electron chi connectivity index (χ2n) is 4.32. The van der Waals surface area contributed by atoms with E-state index in [0.717, 1.165) is 12.1 Å². The van der Waals surface area contributed by atoms with Crippen molar-refractivity contribution < 1.29 is 32.6 Å². The van der Waals surface area contributed by atoms with Crippen LogP contribution in [0.1, 0.15) is 18.9 Å². The van der Waals surface area contributed by atoms with Crippen molar-refractivity contribution in [3.8, 4) is 5.75 Å². The van der Waals surface area contributed by atoms with Crippen LogP contribution in [0.2, 0.25) is 0 Å². The van der Waals surface area contributed by atoms with Crippen molar-refractivity contribution in [2.24, 2.45) is 0 Å². The Morgan fingerprint density at radius 3 is 2.33 bits per heavy atom. The summed E-state index contributed by atoms with van der Waals surface area (Å²) in [6, 6.07) is 4.14. The van der Waals surface area contributed by atoms with E-state index in [4.69, 9.17) is 5.11 Å². The third-order valence-electron chi connectivity index (χ3n) is 2.55. The zero-order chi connectivity index (χ0) is 16.0. The quantitative estimate of drug-likeness (QED) is 0.844. The molecule has 0 unspecified atom stereocenters. The highest BCUT2D eigenvalue weighted by Gasteiger charge is 2.30. The SMILES string of the molecule is C[C@H](NC(=O)CCc1ccc(OC(F)(F)F)cc1)C(=O)O. The summed E-state index contributed by atoms with van der Waals surface area (Å²) in [6.45, 7) is 1.34. The molecule has 0 aliphatic carbocycles. The summed E-state index contributed by atoms with van der Waals surface area (Å²) >= 11 is 0. The Hall–Kier alpha value is -2.25. The first-order chi connectivity index (χ1) is 9.67. The van der Waals surface area contributed by atoms with Crippen molar-refractivity contribution >= 4 is 11.9 Å². The van der Waals surface area contributed by atoms with E-state index in [9.17, 15) is 22.8 Å². The van der Waals surface area contributed by atoms with Crippen LogP contribution in [0.3, 0.4) is 0 Å². The first-order valence-electron chi connectivity index (χ1n) is 6.04. The number of carboxylic acid groups (broad SMARTS) is 1. The van der Waals surface area contributed by atoms with Gasteiger partial charge in [0, 0.05) is 6.42 Å². The number of halogens is 3. The zero-order valence-corrected chi connectivity index (χ0v) is 11.1. The van der Waals surface area contributed by atoms with Gasteiger partial charge in [0.2, 0.25) is 5.91 Å². The van der Waals surface area contributed by atoms with E-state index in [1.54, 1.807) is 0 Å². The molecule has 1 atom stereocenters. The van der Waals surface area contributed by atoms with Crippen LogP contribution in [-0.4, -0.2) is 29.4 Å². The number of rotatable bonds is 6. The van der Waals surface area contributed by atoms with E-state index in [0.29, 0.717) is 5.56 Å². The highest BCUT2D eigenvalue weighted by Crippen LogP contribution is 2.22. The third kappa shape index (κ3) is 6.64. The van der Waals surface area contributed by atoms with E-state index in [2.05, 4.69) is 10.1 Å². The Morgan fingerprint density at radius 1 is 1.29 bits per heavy atom. The summed E-state index contributed by atoms with van der Waals surface area (Å²) in [5.41, 5.74) is 0.641. The number of aliphatic carboxylic acids is 1. The molecule has 0 aliphatic heterocycles. The van der Waals surface area contributed by atoms with Crippen molar-refractivity contribution in [3.63, 3.8) is 0 Å². The van der Waals surface area contributed by atoms with E-state index >= 15 is 0 Å². The molecule has 1 rings (SSSR count). The van der Waals surface area contributed by atoms with Crippen molar-refractivity contribution in [1.82, 2.24) is 5.32 Å². The van der Waals surface area contributed by atoms with E-state index < -0.39 is 24.3 Å². The Bertz CT molecular complexity index is 499. The van der Waals surface area contributed by atoms with Gasteiger partial charge in [-0.15, -0.1) is 13.2 Å². The highest BCUT2D eigenvalue weighted by molar-refractivity contribution is 5.83. The first-order valence-corrected chi connectivity index (χ1v) is 6.04. The molecule has 2 N–H and O–H groups in total. The number of hydrogen-bond acceptors (Lipinski definition) is 3. The van der Waals surface area contributed by atoms with Crippen LogP contribution < -0.4 is 10.1 Å². The van der Waals surface area contributed by atoms with Gasteiger partial charge in [0.15, 0.2) is 0 Å². The predicted molar refractivity (Wildman–Crippen MR) is 66.7 cm³/mol. The third-order valence-corrected chi connectivity index (χ3v) is 2.55. The molecule has 0 heterocycles. The fraction of sp³-hybridized carbons (Fsp3) is 0.385. The number of nitrogens with one attached hydrogen (secondary N) is 1. The first kappa shape index (κ1) is 16.8. The number of ether oxygens (including phenoxy) is 1. The average molecular weight is 305 g/mol. The molecule has 0 saturated carbocycles. The van der Waals surface area contributed by atoms with Crippen LogP contribution in [0.4, 0.5) is 13.2 Å². The van der Waals surface area contributed by atoms with Crippen molar-refractivity contribution in [2.75, 3.05) is 0 Å². The van der Waals surface area contributed by atoms with Gasteiger partial charge in [-0.05, 0) is 31.0 Å². The summed E-state index contributed by atoms with van der Waals surface area (Å²) in [4.78, 5) is 22.0. The van der Waals surface area contributed by atoms with Crippen LogP contribution >= 0.6 is 0 Å². The molecule has 0 spiro atoms. The number of benzene rings is 1. The molecule has 0 fully saturated rings. The Labute approximate surface area is 118 Å². The summed E-state index contributed by atoms with van der Waals surface area (Å²) in [5, 5.41) is 10.9. The smallest absolute Gasteiger partial charge is 0.480 e. The fourth-order valence-electron chi connectivity index (χ4n) is 1.49. The molecular formula is C13H14F3NO4. The summed E-state index contributed by atoms with van der Waals surface area (Å²) < 4.78 is 39.6. The minimum atomic E-state index is -4.74. The lowest BCUT2D eigenvalue weighted by molar-refractivity contribution is -0.274. The maximum atomic E-state index is 12.0. The van der Waals surface area contributed by atoms with Gasteiger partial charge < -0.3 is 15.2 Å². The fourth-order valence-corrected chi connectivity index (χ4v) is 1.49. The van der Waals surface area contributed by atoms with Gasteiger partial charge in [-0.3, -0.25) is 9.59 Å².